The predicted molar refractivity (Wildman–Crippen MR) is 103 cm³/mol. The second-order valence-electron chi connectivity index (χ2n) is 6.91. The van der Waals surface area contributed by atoms with Gasteiger partial charge < -0.3 is 4.74 Å². The van der Waals surface area contributed by atoms with Crippen LogP contribution in [0, 0.1) is 17.5 Å². The van der Waals surface area contributed by atoms with Crippen LogP contribution >= 0.6 is 0 Å². The number of rotatable bonds is 8. The second kappa shape index (κ2) is 9.58. The fourth-order valence-electron chi connectivity index (χ4n) is 3.13. The number of aryl methyl sites for hydroxylation is 1. The van der Waals surface area contributed by atoms with Crippen LogP contribution in [0.25, 0.3) is 22.3 Å². The molecule has 0 aliphatic carbocycles. The summed E-state index contributed by atoms with van der Waals surface area (Å²) >= 11 is 0. The molecule has 32 heavy (non-hydrogen) atoms. The Morgan fingerprint density at radius 1 is 0.781 bits per heavy atom. The highest BCUT2D eigenvalue weighted by Crippen LogP contribution is 2.33. The van der Waals surface area contributed by atoms with Gasteiger partial charge >= 0.3 is 12.5 Å². The summed E-state index contributed by atoms with van der Waals surface area (Å²) in [5.74, 6) is -3.25. The molecule has 0 amide bonds. The molecule has 0 radical (unpaired) electrons. The largest absolute Gasteiger partial charge is 0.461 e. The van der Waals surface area contributed by atoms with E-state index in [2.05, 4.69) is 4.74 Å². The van der Waals surface area contributed by atoms with Crippen LogP contribution in [0.4, 0.5) is 35.1 Å². The van der Waals surface area contributed by atoms with E-state index < -0.39 is 48.0 Å². The molecule has 1 nitrogen and oxygen atoms in total. The van der Waals surface area contributed by atoms with Gasteiger partial charge in [-0.25, -0.2) is 13.2 Å². The molecule has 170 valence electrons. The number of alkyl halides is 5. The van der Waals surface area contributed by atoms with E-state index in [1.165, 1.54) is 24.3 Å². The minimum Gasteiger partial charge on any atom is -0.428 e. The lowest BCUT2D eigenvalue weighted by molar-refractivity contribution is -0.253. The molecular formula is C23H16F8O. The first-order valence-electron chi connectivity index (χ1n) is 9.41. The lowest BCUT2D eigenvalue weighted by Gasteiger charge is -2.17. The minimum absolute atomic E-state index is 0.0127. The van der Waals surface area contributed by atoms with Gasteiger partial charge in [0.1, 0.15) is 23.2 Å². The van der Waals surface area contributed by atoms with E-state index in [0.717, 1.165) is 30.3 Å². The topological polar surface area (TPSA) is 9.23 Å². The molecule has 0 heterocycles. The normalized spacial score (nSPS) is 11.8. The monoisotopic (exact) mass is 460 g/mol. The predicted octanol–water partition coefficient (Wildman–Crippen LogP) is 7.58. The summed E-state index contributed by atoms with van der Waals surface area (Å²) in [6, 6.07) is 9.84. The van der Waals surface area contributed by atoms with Crippen molar-refractivity contribution < 1.29 is 39.9 Å². The summed E-state index contributed by atoms with van der Waals surface area (Å²) in [5, 5.41) is 0. The number of ether oxygens (including phenoxy) is 1. The third-order valence-electron chi connectivity index (χ3n) is 4.63. The van der Waals surface area contributed by atoms with Gasteiger partial charge in [0, 0.05) is 5.56 Å². The molecule has 0 spiro atoms. The molecule has 0 atom stereocenters. The van der Waals surface area contributed by atoms with Crippen LogP contribution in [0.3, 0.4) is 0 Å². The highest BCUT2D eigenvalue weighted by Gasteiger charge is 2.43. The van der Waals surface area contributed by atoms with E-state index in [9.17, 15) is 35.1 Å². The number of benzene rings is 3. The van der Waals surface area contributed by atoms with Gasteiger partial charge in [-0.2, -0.15) is 17.6 Å². The highest BCUT2D eigenvalue weighted by atomic mass is 19.3. The molecule has 0 N–H and O–H groups in total. The summed E-state index contributed by atoms with van der Waals surface area (Å²) < 4.78 is 110. The lowest BCUT2D eigenvalue weighted by atomic mass is 9.97. The first kappa shape index (κ1) is 23.6. The summed E-state index contributed by atoms with van der Waals surface area (Å²) in [6.07, 6.45) is -8.43. The Morgan fingerprint density at radius 3 is 1.91 bits per heavy atom. The zero-order valence-corrected chi connectivity index (χ0v) is 16.3. The molecule has 0 saturated heterocycles. The van der Waals surface area contributed by atoms with Gasteiger partial charge in [-0.3, -0.25) is 4.39 Å². The fraction of sp³-hybridized carbons (Fsp3) is 0.217. The Bertz CT molecular complexity index is 1060. The van der Waals surface area contributed by atoms with Gasteiger partial charge in [0.25, 0.3) is 0 Å². The fourth-order valence-corrected chi connectivity index (χ4v) is 3.13. The average Bonchev–Trinajstić information content (AvgIpc) is 2.72. The van der Waals surface area contributed by atoms with E-state index in [1.54, 1.807) is 0 Å². The standard InChI is InChI=1S/C23H16F8O/c24-9-1-2-13-10-19(26)21(20(27)11-13)15-5-8-17(18(25)12-15)14-3-6-16(7-4-14)32-23(30,31)22(28)29/h3-8,10-12,22H,1-2,9H2. The summed E-state index contributed by atoms with van der Waals surface area (Å²) in [6.45, 7) is -0.626. The summed E-state index contributed by atoms with van der Waals surface area (Å²) in [7, 11) is 0. The molecule has 0 aliphatic heterocycles. The Balaban J connectivity index is 1.86. The van der Waals surface area contributed by atoms with Crippen LogP contribution in [0.2, 0.25) is 0 Å². The van der Waals surface area contributed by atoms with Crippen LogP contribution in [0.1, 0.15) is 12.0 Å². The van der Waals surface area contributed by atoms with Crippen LogP contribution in [0.15, 0.2) is 54.6 Å². The van der Waals surface area contributed by atoms with Crippen molar-refractivity contribution in [2.75, 3.05) is 6.67 Å². The van der Waals surface area contributed by atoms with Crippen molar-refractivity contribution in [1.29, 1.82) is 0 Å². The Morgan fingerprint density at radius 2 is 1.38 bits per heavy atom. The van der Waals surface area contributed by atoms with Gasteiger partial charge in [0.05, 0.1) is 12.2 Å². The van der Waals surface area contributed by atoms with Gasteiger partial charge in [-0.05, 0) is 59.9 Å². The Hall–Kier alpha value is -3.10. The minimum atomic E-state index is -4.68. The van der Waals surface area contributed by atoms with Crippen LogP contribution in [-0.4, -0.2) is 19.2 Å². The molecular weight excluding hydrogens is 444 g/mol. The molecule has 0 bridgehead atoms. The van der Waals surface area contributed by atoms with Crippen LogP contribution in [-0.2, 0) is 6.42 Å². The smallest absolute Gasteiger partial charge is 0.428 e. The summed E-state index contributed by atoms with van der Waals surface area (Å²) in [4.78, 5) is 0. The third kappa shape index (κ3) is 5.20. The molecule has 9 heteroatoms. The van der Waals surface area contributed by atoms with Crippen molar-refractivity contribution >= 4 is 0 Å². The molecule has 0 aliphatic rings. The van der Waals surface area contributed by atoms with E-state index in [-0.39, 0.29) is 35.1 Å². The van der Waals surface area contributed by atoms with Gasteiger partial charge in [0.15, 0.2) is 0 Å². The quantitative estimate of drug-likeness (QED) is 0.315. The number of hydrogen-bond donors (Lipinski definition) is 0. The van der Waals surface area contributed by atoms with Crippen molar-refractivity contribution in [1.82, 2.24) is 0 Å². The zero-order valence-electron chi connectivity index (χ0n) is 16.3. The summed E-state index contributed by atoms with van der Waals surface area (Å²) in [5.41, 5.74) is -0.0592. The second-order valence-corrected chi connectivity index (χ2v) is 6.91. The molecule has 0 aromatic heterocycles. The Labute approximate surface area is 178 Å². The highest BCUT2D eigenvalue weighted by molar-refractivity contribution is 5.72. The zero-order chi connectivity index (χ0) is 23.5. The van der Waals surface area contributed by atoms with Crippen molar-refractivity contribution in [3.63, 3.8) is 0 Å². The van der Waals surface area contributed by atoms with Gasteiger partial charge in [-0.15, -0.1) is 0 Å². The number of hydrogen-bond acceptors (Lipinski definition) is 1. The van der Waals surface area contributed by atoms with Crippen molar-refractivity contribution in [3.05, 3.63) is 77.6 Å². The maximum atomic E-state index is 14.7. The van der Waals surface area contributed by atoms with E-state index in [4.69, 9.17) is 0 Å². The molecule has 3 aromatic carbocycles. The Kier molecular flexibility index (Phi) is 7.06. The van der Waals surface area contributed by atoms with Crippen LogP contribution in [0.5, 0.6) is 5.75 Å². The van der Waals surface area contributed by atoms with Crippen LogP contribution < -0.4 is 4.74 Å². The molecule has 0 saturated carbocycles. The molecule has 0 fully saturated rings. The molecule has 0 unspecified atom stereocenters. The first-order valence-corrected chi connectivity index (χ1v) is 9.41. The first-order chi connectivity index (χ1) is 15.1. The number of halogens is 8. The maximum absolute atomic E-state index is 14.7. The average molecular weight is 460 g/mol. The van der Waals surface area contributed by atoms with Crippen molar-refractivity contribution in [2.45, 2.75) is 25.4 Å². The van der Waals surface area contributed by atoms with Crippen molar-refractivity contribution in [3.8, 4) is 28.0 Å². The molecule has 3 aromatic rings. The maximum Gasteiger partial charge on any atom is 0.461 e. The molecule has 3 rings (SSSR count). The van der Waals surface area contributed by atoms with E-state index in [0.29, 0.717) is 0 Å². The van der Waals surface area contributed by atoms with E-state index in [1.807, 2.05) is 0 Å². The van der Waals surface area contributed by atoms with Gasteiger partial charge in [0.2, 0.25) is 0 Å². The lowest BCUT2D eigenvalue weighted by Crippen LogP contribution is -2.33. The third-order valence-corrected chi connectivity index (χ3v) is 4.63. The van der Waals surface area contributed by atoms with Gasteiger partial charge in [-0.1, -0.05) is 24.3 Å². The SMILES string of the molecule is FCCCc1cc(F)c(-c2ccc(-c3ccc(OC(F)(F)C(F)F)cc3)c(F)c2)c(F)c1. The van der Waals surface area contributed by atoms with Crippen molar-refractivity contribution in [2.24, 2.45) is 0 Å². The van der Waals surface area contributed by atoms with E-state index >= 15 is 0 Å².